The molecule has 0 unspecified atom stereocenters. The van der Waals surface area contributed by atoms with Crippen LogP contribution in [0.2, 0.25) is 0 Å². The number of anilines is 1. The van der Waals surface area contributed by atoms with Crippen molar-refractivity contribution in [2.75, 3.05) is 19.0 Å². The molecule has 158 valence electrons. The molecule has 2 aromatic carbocycles. The van der Waals surface area contributed by atoms with E-state index in [1.807, 2.05) is 60.4 Å². The summed E-state index contributed by atoms with van der Waals surface area (Å²) in [5.74, 6) is 0.500. The zero-order valence-electron chi connectivity index (χ0n) is 17.5. The summed E-state index contributed by atoms with van der Waals surface area (Å²) in [5, 5.41) is 7.31. The van der Waals surface area contributed by atoms with Gasteiger partial charge in [0.25, 0.3) is 5.91 Å². The van der Waals surface area contributed by atoms with Crippen LogP contribution in [-0.4, -0.2) is 40.1 Å². The number of ether oxygens (including phenoxy) is 1. The van der Waals surface area contributed by atoms with Crippen molar-refractivity contribution in [3.8, 4) is 5.75 Å². The van der Waals surface area contributed by atoms with E-state index >= 15 is 0 Å². The van der Waals surface area contributed by atoms with Gasteiger partial charge < -0.3 is 15.0 Å². The molecule has 7 heteroatoms. The van der Waals surface area contributed by atoms with Crippen molar-refractivity contribution in [3.05, 3.63) is 77.6 Å². The van der Waals surface area contributed by atoms with E-state index in [1.165, 1.54) is 0 Å². The summed E-state index contributed by atoms with van der Waals surface area (Å²) in [7, 11) is 1.61. The van der Waals surface area contributed by atoms with Gasteiger partial charge in [0.05, 0.1) is 24.9 Å². The fourth-order valence-corrected chi connectivity index (χ4v) is 4.99. The minimum atomic E-state index is -0.848. The minimum absolute atomic E-state index is 0.0685. The van der Waals surface area contributed by atoms with Crippen molar-refractivity contribution in [1.29, 1.82) is 0 Å². The Morgan fingerprint density at radius 2 is 2.10 bits per heavy atom. The first-order chi connectivity index (χ1) is 15.1. The van der Waals surface area contributed by atoms with Crippen LogP contribution in [0.4, 0.5) is 5.69 Å². The average molecular weight is 416 g/mol. The van der Waals surface area contributed by atoms with Gasteiger partial charge in [0.15, 0.2) is 0 Å². The Morgan fingerprint density at radius 3 is 2.87 bits per heavy atom. The molecule has 2 aliphatic rings. The second-order valence-electron chi connectivity index (χ2n) is 7.98. The molecule has 1 N–H and O–H groups in total. The minimum Gasteiger partial charge on any atom is -0.497 e. The van der Waals surface area contributed by atoms with Crippen molar-refractivity contribution in [2.24, 2.45) is 0 Å². The van der Waals surface area contributed by atoms with E-state index in [9.17, 15) is 9.59 Å². The van der Waals surface area contributed by atoms with Gasteiger partial charge in [-0.1, -0.05) is 30.3 Å². The number of aromatic nitrogens is 2. The van der Waals surface area contributed by atoms with Gasteiger partial charge in [0.1, 0.15) is 11.2 Å². The molecule has 1 aromatic heterocycles. The summed E-state index contributed by atoms with van der Waals surface area (Å²) in [5.41, 5.74) is 2.30. The van der Waals surface area contributed by atoms with Crippen LogP contribution in [0.25, 0.3) is 0 Å². The summed E-state index contributed by atoms with van der Waals surface area (Å²) in [6.07, 6.45) is 3.91. The van der Waals surface area contributed by atoms with E-state index in [2.05, 4.69) is 10.4 Å². The number of nitrogens with zero attached hydrogens (tertiary/aromatic N) is 3. The normalized spacial score (nSPS) is 21.9. The number of hydrogen-bond donors (Lipinski definition) is 1. The molecular weight excluding hydrogens is 392 g/mol. The maximum Gasteiger partial charge on any atom is 0.257 e. The number of benzene rings is 2. The number of rotatable bonds is 4. The van der Waals surface area contributed by atoms with Gasteiger partial charge in [0.2, 0.25) is 5.91 Å². The lowest BCUT2D eigenvalue weighted by Crippen LogP contribution is -2.42. The third-order valence-electron chi connectivity index (χ3n) is 6.46. The monoisotopic (exact) mass is 416 g/mol. The molecule has 3 heterocycles. The molecule has 2 aliphatic heterocycles. The summed E-state index contributed by atoms with van der Waals surface area (Å²) >= 11 is 0. The highest BCUT2D eigenvalue weighted by atomic mass is 16.5. The standard InChI is InChI=1S/C24H24N4O3/c1-3-27-15-17(14-25-27)22(29)28-12-11-24(19-9-4-5-10-20(19)26-23(24)30)21(28)16-7-6-8-18(13-16)31-2/h4-10,13-15,21H,3,11-12H2,1-2H3,(H,26,30)/t21-,24+/m0/s1. The largest absolute Gasteiger partial charge is 0.497 e. The fraction of sp³-hybridized carbons (Fsp3) is 0.292. The quantitative estimate of drug-likeness (QED) is 0.707. The second kappa shape index (κ2) is 7.27. The van der Waals surface area contributed by atoms with Gasteiger partial charge in [-0.2, -0.15) is 5.10 Å². The summed E-state index contributed by atoms with van der Waals surface area (Å²) in [6.45, 7) is 3.14. The highest BCUT2D eigenvalue weighted by Gasteiger charge is 2.59. The molecule has 0 aliphatic carbocycles. The molecule has 0 saturated carbocycles. The third-order valence-corrected chi connectivity index (χ3v) is 6.46. The number of likely N-dealkylation sites (tertiary alicyclic amines) is 1. The van der Waals surface area contributed by atoms with E-state index in [0.717, 1.165) is 16.8 Å². The lowest BCUT2D eigenvalue weighted by Gasteiger charge is -2.34. The van der Waals surface area contributed by atoms with Gasteiger partial charge >= 0.3 is 0 Å². The van der Waals surface area contributed by atoms with Crippen molar-refractivity contribution in [2.45, 2.75) is 31.3 Å². The Bertz CT molecular complexity index is 1170. The number of fused-ring (bicyclic) bond motifs is 2. The van der Waals surface area contributed by atoms with Gasteiger partial charge in [-0.3, -0.25) is 14.3 Å². The van der Waals surface area contributed by atoms with Crippen molar-refractivity contribution >= 4 is 17.5 Å². The number of hydrogen-bond acceptors (Lipinski definition) is 4. The lowest BCUT2D eigenvalue weighted by atomic mass is 9.72. The maximum absolute atomic E-state index is 13.6. The number of carbonyl (C=O) groups is 2. The van der Waals surface area contributed by atoms with Crippen LogP contribution in [-0.2, 0) is 16.8 Å². The maximum atomic E-state index is 13.6. The van der Waals surface area contributed by atoms with Gasteiger partial charge in [0, 0.05) is 25.0 Å². The zero-order valence-corrected chi connectivity index (χ0v) is 17.5. The molecule has 2 amide bonds. The van der Waals surface area contributed by atoms with Crippen LogP contribution in [0.1, 0.15) is 40.9 Å². The fourth-order valence-electron chi connectivity index (χ4n) is 4.99. The third kappa shape index (κ3) is 2.84. The molecule has 1 spiro atoms. The number of para-hydroxylation sites is 1. The zero-order chi connectivity index (χ0) is 21.6. The molecule has 0 bridgehead atoms. The number of nitrogens with one attached hydrogen (secondary N) is 1. The predicted molar refractivity (Wildman–Crippen MR) is 116 cm³/mol. The molecular formula is C24H24N4O3. The Kier molecular flexibility index (Phi) is 4.54. The SMILES string of the molecule is CCn1cc(C(=O)N2CC[C@]3(C(=O)Nc4ccccc43)[C@@H]2c2cccc(OC)c2)cn1. The van der Waals surface area contributed by atoms with Gasteiger partial charge in [-0.25, -0.2) is 0 Å². The molecule has 1 saturated heterocycles. The Balaban J connectivity index is 1.66. The van der Waals surface area contributed by atoms with E-state index in [0.29, 0.717) is 30.8 Å². The molecule has 2 atom stereocenters. The first-order valence-corrected chi connectivity index (χ1v) is 10.5. The topological polar surface area (TPSA) is 76.5 Å². The van der Waals surface area contributed by atoms with Crippen LogP contribution in [0.3, 0.4) is 0 Å². The highest BCUT2D eigenvalue weighted by Crippen LogP contribution is 2.55. The molecule has 31 heavy (non-hydrogen) atoms. The Morgan fingerprint density at radius 1 is 1.26 bits per heavy atom. The number of aryl methyl sites for hydroxylation is 1. The highest BCUT2D eigenvalue weighted by molar-refractivity contribution is 6.08. The summed E-state index contributed by atoms with van der Waals surface area (Å²) in [4.78, 5) is 28.8. The van der Waals surface area contributed by atoms with Crippen LogP contribution >= 0.6 is 0 Å². The lowest BCUT2D eigenvalue weighted by molar-refractivity contribution is -0.121. The molecule has 1 fully saturated rings. The first kappa shape index (κ1) is 19.4. The smallest absolute Gasteiger partial charge is 0.257 e. The average Bonchev–Trinajstić information content (AvgIpc) is 3.51. The summed E-state index contributed by atoms with van der Waals surface area (Å²) < 4.78 is 7.18. The first-order valence-electron chi connectivity index (χ1n) is 10.5. The number of amides is 2. The Labute approximate surface area is 180 Å². The van der Waals surface area contributed by atoms with Crippen LogP contribution in [0.5, 0.6) is 5.75 Å². The number of methoxy groups -OCH3 is 1. The van der Waals surface area contributed by atoms with Crippen molar-refractivity contribution in [3.63, 3.8) is 0 Å². The van der Waals surface area contributed by atoms with Crippen LogP contribution in [0, 0.1) is 0 Å². The molecule has 7 nitrogen and oxygen atoms in total. The molecule has 0 radical (unpaired) electrons. The number of carbonyl (C=O) groups excluding carboxylic acids is 2. The van der Waals surface area contributed by atoms with Crippen LogP contribution < -0.4 is 10.1 Å². The van der Waals surface area contributed by atoms with Crippen molar-refractivity contribution in [1.82, 2.24) is 14.7 Å². The van der Waals surface area contributed by atoms with E-state index < -0.39 is 11.5 Å². The van der Waals surface area contributed by atoms with E-state index in [-0.39, 0.29) is 11.8 Å². The van der Waals surface area contributed by atoms with E-state index in [1.54, 1.807) is 24.2 Å². The van der Waals surface area contributed by atoms with Crippen LogP contribution in [0.15, 0.2) is 60.9 Å². The second-order valence-corrected chi connectivity index (χ2v) is 7.98. The van der Waals surface area contributed by atoms with E-state index in [4.69, 9.17) is 4.74 Å². The molecule has 5 rings (SSSR count). The van der Waals surface area contributed by atoms with Gasteiger partial charge in [-0.15, -0.1) is 0 Å². The Hall–Kier alpha value is -3.61. The van der Waals surface area contributed by atoms with Crippen molar-refractivity contribution < 1.29 is 14.3 Å². The summed E-state index contributed by atoms with van der Waals surface area (Å²) in [6, 6.07) is 15.0. The van der Waals surface area contributed by atoms with Gasteiger partial charge in [-0.05, 0) is 42.7 Å². The predicted octanol–water partition coefficient (Wildman–Crippen LogP) is 3.39. The molecule has 3 aromatic rings.